The van der Waals surface area contributed by atoms with Gasteiger partial charge in [0.15, 0.2) is 5.13 Å². The summed E-state index contributed by atoms with van der Waals surface area (Å²) < 4.78 is 13.8. The van der Waals surface area contributed by atoms with Crippen LogP contribution in [0.3, 0.4) is 0 Å². The number of carbonyl (C=O) groups excluding carboxylic acids is 2. The summed E-state index contributed by atoms with van der Waals surface area (Å²) >= 11 is 1.66. The van der Waals surface area contributed by atoms with E-state index in [1.54, 1.807) is 30.4 Å². The Hall–Kier alpha value is -2.48. The first-order valence-electron chi connectivity index (χ1n) is 10.9. The number of nitrogens with zero attached hydrogens (tertiary/aromatic N) is 3. The molecule has 0 radical (unpaired) electrons. The van der Waals surface area contributed by atoms with E-state index in [4.69, 9.17) is 4.98 Å². The molecule has 1 saturated heterocycles. The molecule has 1 aliphatic heterocycles. The van der Waals surface area contributed by atoms with Gasteiger partial charge < -0.3 is 15.1 Å². The van der Waals surface area contributed by atoms with E-state index in [0.717, 1.165) is 54.7 Å². The maximum absolute atomic E-state index is 13.8. The van der Waals surface area contributed by atoms with E-state index in [0.29, 0.717) is 17.7 Å². The molecule has 1 N–H and O–H groups in total. The highest BCUT2D eigenvalue weighted by molar-refractivity contribution is 7.15. The molecule has 2 aliphatic rings. The van der Waals surface area contributed by atoms with Gasteiger partial charge in [0.05, 0.1) is 5.69 Å². The second-order valence-electron chi connectivity index (χ2n) is 8.73. The van der Waals surface area contributed by atoms with Crippen molar-refractivity contribution in [1.82, 2.24) is 9.88 Å². The number of halogens is 1. The predicted molar refractivity (Wildman–Crippen MR) is 121 cm³/mol. The van der Waals surface area contributed by atoms with Crippen molar-refractivity contribution in [3.05, 3.63) is 40.2 Å². The fourth-order valence-corrected chi connectivity index (χ4v) is 5.36. The molecule has 1 aromatic carbocycles. The maximum Gasteiger partial charge on any atom is 0.227 e. The number of nitrogens with one attached hydrogen (secondary N) is 1. The summed E-state index contributed by atoms with van der Waals surface area (Å²) in [5.41, 5.74) is 2.15. The fourth-order valence-electron chi connectivity index (χ4n) is 4.12. The topological polar surface area (TPSA) is 65.5 Å². The molecule has 0 spiro atoms. The molecule has 2 amide bonds. The molecule has 2 aromatic rings. The molecule has 166 valence electrons. The normalized spacial score (nSPS) is 18.8. The quantitative estimate of drug-likeness (QED) is 0.782. The van der Waals surface area contributed by atoms with Gasteiger partial charge in [0.1, 0.15) is 5.82 Å². The van der Waals surface area contributed by atoms with Gasteiger partial charge in [0, 0.05) is 48.6 Å². The predicted octanol–water partition coefficient (Wildman–Crippen LogP) is 3.64. The molecule has 4 rings (SSSR count). The minimum Gasteiger partial charge on any atom is -0.345 e. The molecule has 1 fully saturated rings. The van der Waals surface area contributed by atoms with Crippen LogP contribution in [0.25, 0.3) is 0 Å². The Labute approximate surface area is 186 Å². The average molecular weight is 445 g/mol. The number of aryl methyl sites for hydroxylation is 2. The summed E-state index contributed by atoms with van der Waals surface area (Å²) in [6, 6.07) is 4.78. The lowest BCUT2D eigenvalue weighted by atomic mass is 9.90. The second kappa shape index (κ2) is 8.94. The average Bonchev–Trinajstić information content (AvgIpc) is 3.19. The molecule has 1 aliphatic carbocycles. The molecule has 0 bridgehead atoms. The lowest BCUT2D eigenvalue weighted by Crippen LogP contribution is -2.49. The van der Waals surface area contributed by atoms with Gasteiger partial charge in [-0.25, -0.2) is 9.37 Å². The number of rotatable bonds is 4. The van der Waals surface area contributed by atoms with Crippen molar-refractivity contribution in [3.8, 4) is 0 Å². The molecular formula is C23H29FN4O2S. The minimum absolute atomic E-state index is 0.0261. The standard InChI is InChI=1S/C23H29FN4O2S/c1-14(2)22(30)27-8-10-28(11-9-27)23-26-19-7-5-16(12-20(19)31-23)21(29)25-17-6-4-15(3)18(24)13-17/h4,6,13-14,16H,5,7-12H2,1-3H3,(H,25,29). The zero-order chi connectivity index (χ0) is 22.1. The van der Waals surface area contributed by atoms with Crippen LogP contribution in [-0.4, -0.2) is 47.9 Å². The van der Waals surface area contributed by atoms with Crippen molar-refractivity contribution < 1.29 is 14.0 Å². The van der Waals surface area contributed by atoms with E-state index in [-0.39, 0.29) is 29.5 Å². The lowest BCUT2D eigenvalue weighted by molar-refractivity contribution is -0.134. The van der Waals surface area contributed by atoms with Crippen molar-refractivity contribution >= 4 is 34.0 Å². The third-order valence-corrected chi connectivity index (χ3v) is 7.28. The number of hydrogen-bond acceptors (Lipinski definition) is 5. The van der Waals surface area contributed by atoms with Crippen molar-refractivity contribution in [2.75, 3.05) is 36.4 Å². The number of thiazole rings is 1. The second-order valence-corrected chi connectivity index (χ2v) is 9.79. The van der Waals surface area contributed by atoms with E-state index in [1.165, 1.54) is 6.07 Å². The van der Waals surface area contributed by atoms with Gasteiger partial charge in [-0.05, 0) is 43.9 Å². The summed E-state index contributed by atoms with van der Waals surface area (Å²) in [6.45, 7) is 8.59. The molecule has 1 aromatic heterocycles. The van der Waals surface area contributed by atoms with Crippen LogP contribution in [0.1, 0.15) is 36.4 Å². The number of carbonyl (C=O) groups is 2. The first-order chi connectivity index (χ1) is 14.8. The molecule has 2 heterocycles. The van der Waals surface area contributed by atoms with Crippen LogP contribution in [-0.2, 0) is 22.4 Å². The van der Waals surface area contributed by atoms with Crippen molar-refractivity contribution in [3.63, 3.8) is 0 Å². The summed E-state index contributed by atoms with van der Waals surface area (Å²) in [5, 5.41) is 3.85. The Morgan fingerprint density at radius 2 is 1.97 bits per heavy atom. The van der Waals surface area contributed by atoms with E-state index in [9.17, 15) is 14.0 Å². The monoisotopic (exact) mass is 444 g/mol. The Morgan fingerprint density at radius 3 is 2.65 bits per heavy atom. The minimum atomic E-state index is -0.314. The SMILES string of the molecule is Cc1ccc(NC(=O)C2CCc3nc(N4CCN(C(=O)C(C)C)CC4)sc3C2)cc1F. The van der Waals surface area contributed by atoms with Crippen LogP contribution in [0.15, 0.2) is 18.2 Å². The first-order valence-corrected chi connectivity index (χ1v) is 11.7. The largest absolute Gasteiger partial charge is 0.345 e. The van der Waals surface area contributed by atoms with Crippen molar-refractivity contribution in [2.24, 2.45) is 11.8 Å². The van der Waals surface area contributed by atoms with Crippen LogP contribution < -0.4 is 10.2 Å². The third kappa shape index (κ3) is 4.74. The van der Waals surface area contributed by atoms with Gasteiger partial charge in [-0.1, -0.05) is 19.9 Å². The Kier molecular flexibility index (Phi) is 6.27. The number of aromatic nitrogens is 1. The fraction of sp³-hybridized carbons (Fsp3) is 0.522. The molecule has 8 heteroatoms. The van der Waals surface area contributed by atoms with Gasteiger partial charge in [-0.15, -0.1) is 11.3 Å². The Balaban J connectivity index is 1.37. The maximum atomic E-state index is 13.8. The van der Waals surface area contributed by atoms with E-state index >= 15 is 0 Å². The van der Waals surface area contributed by atoms with Crippen LogP contribution in [0, 0.1) is 24.6 Å². The van der Waals surface area contributed by atoms with Gasteiger partial charge >= 0.3 is 0 Å². The smallest absolute Gasteiger partial charge is 0.227 e. The molecule has 1 unspecified atom stereocenters. The van der Waals surface area contributed by atoms with E-state index < -0.39 is 0 Å². The van der Waals surface area contributed by atoms with Crippen LogP contribution in [0.5, 0.6) is 0 Å². The molecule has 6 nitrogen and oxygen atoms in total. The third-order valence-electron chi connectivity index (χ3n) is 6.09. The zero-order valence-corrected chi connectivity index (χ0v) is 19.1. The van der Waals surface area contributed by atoms with Gasteiger partial charge in [0.25, 0.3) is 0 Å². The number of fused-ring (bicyclic) bond motifs is 1. The Morgan fingerprint density at radius 1 is 1.23 bits per heavy atom. The number of benzene rings is 1. The number of hydrogen-bond donors (Lipinski definition) is 1. The van der Waals surface area contributed by atoms with E-state index in [2.05, 4.69) is 10.2 Å². The Bertz CT molecular complexity index is 982. The molecule has 0 saturated carbocycles. The first kappa shape index (κ1) is 21.7. The van der Waals surface area contributed by atoms with Crippen LogP contribution in [0.2, 0.25) is 0 Å². The lowest BCUT2D eigenvalue weighted by Gasteiger charge is -2.35. The number of amides is 2. The number of piperazine rings is 1. The summed E-state index contributed by atoms with van der Waals surface area (Å²) in [7, 11) is 0. The summed E-state index contributed by atoms with van der Waals surface area (Å²) in [4.78, 5) is 35.1. The van der Waals surface area contributed by atoms with Crippen molar-refractivity contribution in [1.29, 1.82) is 0 Å². The van der Waals surface area contributed by atoms with Crippen molar-refractivity contribution in [2.45, 2.75) is 40.0 Å². The zero-order valence-electron chi connectivity index (χ0n) is 18.3. The number of anilines is 2. The molecular weight excluding hydrogens is 415 g/mol. The highest BCUT2D eigenvalue weighted by Crippen LogP contribution is 2.35. The van der Waals surface area contributed by atoms with Gasteiger partial charge in [-0.3, -0.25) is 9.59 Å². The summed E-state index contributed by atoms with van der Waals surface area (Å²) in [5.74, 6) is -0.278. The van der Waals surface area contributed by atoms with Gasteiger partial charge in [-0.2, -0.15) is 0 Å². The van der Waals surface area contributed by atoms with Crippen LogP contribution in [0.4, 0.5) is 15.2 Å². The van der Waals surface area contributed by atoms with Gasteiger partial charge in [0.2, 0.25) is 11.8 Å². The van der Waals surface area contributed by atoms with Crippen LogP contribution >= 0.6 is 11.3 Å². The highest BCUT2D eigenvalue weighted by atomic mass is 32.1. The summed E-state index contributed by atoms with van der Waals surface area (Å²) in [6.07, 6.45) is 2.18. The van der Waals surface area contributed by atoms with E-state index in [1.807, 2.05) is 18.7 Å². The molecule has 31 heavy (non-hydrogen) atoms. The highest BCUT2D eigenvalue weighted by Gasteiger charge is 2.30. The molecule has 1 atom stereocenters.